The Morgan fingerprint density at radius 1 is 1.16 bits per heavy atom. The molecule has 0 radical (unpaired) electrons. The molecule has 19 heavy (non-hydrogen) atoms. The fraction of sp³-hybridized carbons (Fsp3) is 0.786. The fourth-order valence-corrected chi connectivity index (χ4v) is 1.72. The average Bonchev–Trinajstić information content (AvgIpc) is 2.31. The molecule has 110 valence electrons. The molecule has 0 atom stereocenters. The number of hydrogen-bond donors (Lipinski definition) is 0. The van der Waals surface area contributed by atoms with Gasteiger partial charge in [-0.25, -0.2) is 4.79 Å². The van der Waals surface area contributed by atoms with Crippen molar-refractivity contribution in [3.05, 3.63) is 0 Å². The second-order valence-corrected chi connectivity index (χ2v) is 5.36. The number of ether oxygens (including phenoxy) is 1. The van der Waals surface area contributed by atoms with E-state index in [0.29, 0.717) is 13.0 Å². The lowest BCUT2D eigenvalue weighted by molar-refractivity contribution is -0.162. The van der Waals surface area contributed by atoms with Crippen molar-refractivity contribution in [1.82, 2.24) is 4.90 Å². The molecule has 1 amide bonds. The van der Waals surface area contributed by atoms with Gasteiger partial charge in [0.05, 0.1) is 6.61 Å². The fourth-order valence-electron chi connectivity index (χ4n) is 1.72. The highest BCUT2D eigenvalue weighted by atomic mass is 16.5. The average molecular weight is 271 g/mol. The van der Waals surface area contributed by atoms with Crippen LogP contribution in [0.15, 0.2) is 0 Å². The van der Waals surface area contributed by atoms with E-state index in [2.05, 4.69) is 0 Å². The van der Waals surface area contributed by atoms with Crippen LogP contribution in [0.3, 0.4) is 0 Å². The summed E-state index contributed by atoms with van der Waals surface area (Å²) in [5.74, 6) is -1.39. The Labute approximate surface area is 115 Å². The van der Waals surface area contributed by atoms with Crippen molar-refractivity contribution in [2.24, 2.45) is 0 Å². The molecule has 0 fully saturated rings. The van der Waals surface area contributed by atoms with Crippen LogP contribution in [0.5, 0.6) is 0 Å². The molecule has 0 aliphatic rings. The number of hydrogen-bond acceptors (Lipinski definition) is 4. The Balaban J connectivity index is 4.44. The van der Waals surface area contributed by atoms with Crippen LogP contribution < -0.4 is 0 Å². The third-order valence-corrected chi connectivity index (χ3v) is 2.71. The van der Waals surface area contributed by atoms with Crippen molar-refractivity contribution in [2.45, 2.75) is 58.9 Å². The Morgan fingerprint density at radius 2 is 1.79 bits per heavy atom. The zero-order chi connectivity index (χ0) is 14.9. The summed E-state index contributed by atoms with van der Waals surface area (Å²) in [6.07, 6.45) is 3.89. The molecule has 0 unspecified atom stereocenters. The van der Waals surface area contributed by atoms with Crippen LogP contribution in [0.2, 0.25) is 0 Å². The number of unbranched alkanes of at least 4 members (excludes halogenated alkanes) is 3. The van der Waals surface area contributed by atoms with E-state index in [1.807, 2.05) is 20.8 Å². The van der Waals surface area contributed by atoms with Crippen LogP contribution in [-0.2, 0) is 19.1 Å². The largest absolute Gasteiger partial charge is 0.459 e. The van der Waals surface area contributed by atoms with Crippen molar-refractivity contribution in [2.75, 3.05) is 13.2 Å². The van der Waals surface area contributed by atoms with Crippen LogP contribution in [-0.4, -0.2) is 41.8 Å². The minimum Gasteiger partial charge on any atom is -0.459 e. The maximum absolute atomic E-state index is 12.0. The van der Waals surface area contributed by atoms with Crippen molar-refractivity contribution in [1.29, 1.82) is 0 Å². The number of carbonyl (C=O) groups excluding carboxylic acids is 3. The van der Waals surface area contributed by atoms with Gasteiger partial charge in [-0.2, -0.15) is 0 Å². The molecular weight excluding hydrogens is 246 g/mol. The number of amides is 1. The summed E-state index contributed by atoms with van der Waals surface area (Å²) in [6, 6.07) is 0. The number of carbonyl (C=O) groups is 3. The Kier molecular flexibility index (Phi) is 8.03. The lowest BCUT2D eigenvalue weighted by Gasteiger charge is -2.34. The van der Waals surface area contributed by atoms with E-state index < -0.39 is 17.4 Å². The molecule has 0 rings (SSSR count). The number of aldehydes is 1. The topological polar surface area (TPSA) is 63.7 Å². The van der Waals surface area contributed by atoms with E-state index in [0.717, 1.165) is 25.5 Å². The molecule has 0 bridgehead atoms. The van der Waals surface area contributed by atoms with Gasteiger partial charge in [-0.15, -0.1) is 0 Å². The van der Waals surface area contributed by atoms with Crippen LogP contribution in [0.25, 0.3) is 0 Å². The zero-order valence-electron chi connectivity index (χ0n) is 12.4. The molecule has 0 aromatic carbocycles. The van der Waals surface area contributed by atoms with Gasteiger partial charge in [-0.1, -0.05) is 6.42 Å². The Morgan fingerprint density at radius 3 is 2.26 bits per heavy atom. The first kappa shape index (κ1) is 17.6. The lowest BCUT2D eigenvalue weighted by Crippen LogP contribution is -2.49. The van der Waals surface area contributed by atoms with E-state index in [1.165, 1.54) is 4.90 Å². The van der Waals surface area contributed by atoms with Gasteiger partial charge in [0, 0.05) is 18.5 Å². The molecule has 0 spiro atoms. The Bertz CT molecular complexity index is 307. The van der Waals surface area contributed by atoms with E-state index in [9.17, 15) is 14.4 Å². The third kappa shape index (κ3) is 6.94. The highest BCUT2D eigenvalue weighted by molar-refractivity contribution is 6.32. The molecule has 5 nitrogen and oxygen atoms in total. The van der Waals surface area contributed by atoms with E-state index in [4.69, 9.17) is 4.74 Å². The van der Waals surface area contributed by atoms with Gasteiger partial charge in [0.15, 0.2) is 0 Å². The van der Waals surface area contributed by atoms with Gasteiger partial charge in [0.25, 0.3) is 0 Å². The highest BCUT2D eigenvalue weighted by Gasteiger charge is 2.31. The molecule has 0 aromatic heterocycles. The molecular formula is C14H25NO4. The van der Waals surface area contributed by atoms with Crippen molar-refractivity contribution in [3.63, 3.8) is 0 Å². The second kappa shape index (κ2) is 8.67. The highest BCUT2D eigenvalue weighted by Crippen LogP contribution is 2.15. The van der Waals surface area contributed by atoms with E-state index >= 15 is 0 Å². The van der Waals surface area contributed by atoms with Gasteiger partial charge in [0.1, 0.15) is 6.29 Å². The standard InChI is InChI=1S/C14H25NO4/c1-5-19-13(18)12(17)15(14(2,3)4)10-8-6-7-9-11-16/h11H,5-10H2,1-4H3. The Hall–Kier alpha value is -1.39. The SMILES string of the molecule is CCOC(=O)C(=O)N(CCCCCC=O)C(C)(C)C. The molecule has 0 aromatic rings. The summed E-state index contributed by atoms with van der Waals surface area (Å²) in [4.78, 5) is 35.2. The number of esters is 1. The normalized spacial score (nSPS) is 10.9. The van der Waals surface area contributed by atoms with Gasteiger partial charge in [0.2, 0.25) is 0 Å². The van der Waals surface area contributed by atoms with E-state index in [1.54, 1.807) is 6.92 Å². The predicted octanol–water partition coefficient (Wildman–Crippen LogP) is 1.94. The van der Waals surface area contributed by atoms with Crippen molar-refractivity contribution >= 4 is 18.2 Å². The first-order valence-corrected chi connectivity index (χ1v) is 6.77. The summed E-state index contributed by atoms with van der Waals surface area (Å²) in [7, 11) is 0. The van der Waals surface area contributed by atoms with Crippen LogP contribution in [0, 0.1) is 0 Å². The first-order chi connectivity index (χ1) is 8.84. The van der Waals surface area contributed by atoms with Crippen LogP contribution in [0.1, 0.15) is 53.4 Å². The zero-order valence-corrected chi connectivity index (χ0v) is 12.4. The van der Waals surface area contributed by atoms with E-state index in [-0.39, 0.29) is 6.61 Å². The smallest absolute Gasteiger partial charge is 0.397 e. The van der Waals surface area contributed by atoms with Gasteiger partial charge < -0.3 is 14.4 Å². The summed E-state index contributed by atoms with van der Waals surface area (Å²) >= 11 is 0. The van der Waals surface area contributed by atoms with Crippen molar-refractivity contribution in [3.8, 4) is 0 Å². The molecule has 0 saturated carbocycles. The maximum atomic E-state index is 12.0. The minimum absolute atomic E-state index is 0.196. The van der Waals surface area contributed by atoms with Crippen LogP contribution in [0.4, 0.5) is 0 Å². The first-order valence-electron chi connectivity index (χ1n) is 6.77. The number of rotatable bonds is 7. The van der Waals surface area contributed by atoms with Gasteiger partial charge >= 0.3 is 11.9 Å². The quantitative estimate of drug-likeness (QED) is 0.307. The van der Waals surface area contributed by atoms with Gasteiger partial charge in [-0.3, -0.25) is 4.79 Å². The predicted molar refractivity (Wildman–Crippen MR) is 72.6 cm³/mol. The lowest BCUT2D eigenvalue weighted by atomic mass is 10.0. The summed E-state index contributed by atoms with van der Waals surface area (Å²) in [6.45, 7) is 8.02. The third-order valence-electron chi connectivity index (χ3n) is 2.71. The molecule has 0 saturated heterocycles. The summed E-state index contributed by atoms with van der Waals surface area (Å²) < 4.78 is 4.75. The minimum atomic E-state index is -0.801. The summed E-state index contributed by atoms with van der Waals surface area (Å²) in [5, 5.41) is 0. The monoisotopic (exact) mass is 271 g/mol. The van der Waals surface area contributed by atoms with Crippen LogP contribution >= 0.6 is 0 Å². The molecule has 0 aliphatic heterocycles. The second-order valence-electron chi connectivity index (χ2n) is 5.36. The number of nitrogens with zero attached hydrogens (tertiary/aromatic N) is 1. The maximum Gasteiger partial charge on any atom is 0.397 e. The van der Waals surface area contributed by atoms with Gasteiger partial charge in [-0.05, 0) is 40.5 Å². The molecule has 0 aliphatic carbocycles. The molecule has 5 heteroatoms. The molecule has 0 heterocycles. The van der Waals surface area contributed by atoms with Crippen molar-refractivity contribution < 1.29 is 19.1 Å². The summed E-state index contributed by atoms with van der Waals surface area (Å²) in [5.41, 5.74) is -0.422. The molecule has 0 N–H and O–H groups in total.